The lowest BCUT2D eigenvalue weighted by Crippen LogP contribution is -2.06. The lowest BCUT2D eigenvalue weighted by Gasteiger charge is -2.02. The third-order valence-corrected chi connectivity index (χ3v) is 4.42. The van der Waals surface area contributed by atoms with Crippen LogP contribution in [0.1, 0.15) is 23.2 Å². The molecule has 0 saturated heterocycles. The molecule has 0 aliphatic carbocycles. The van der Waals surface area contributed by atoms with E-state index in [9.17, 15) is 13.2 Å². The molecule has 0 radical (unpaired) electrons. The van der Waals surface area contributed by atoms with E-state index in [0.29, 0.717) is 17.0 Å². The molecule has 0 N–H and O–H groups in total. The zero-order valence-corrected chi connectivity index (χ0v) is 12.4. The van der Waals surface area contributed by atoms with Crippen LogP contribution in [0.4, 0.5) is 0 Å². The lowest BCUT2D eigenvalue weighted by molar-refractivity contribution is 0.0982. The molecule has 0 spiro atoms. The smallest absolute Gasteiger partial charge is 0.162 e. The molecule has 3 nitrogen and oxygen atoms in total. The molecule has 94 valence electrons. The fourth-order valence-electron chi connectivity index (χ4n) is 1.31. The predicted molar refractivity (Wildman–Crippen MR) is 72.4 cm³/mol. The summed E-state index contributed by atoms with van der Waals surface area (Å²) in [6.07, 6.45) is 1.71. The average molecular weight is 340 g/mol. The Balaban J connectivity index is 2.61. The third kappa shape index (κ3) is 5.19. The molecule has 0 heterocycles. The fourth-order valence-corrected chi connectivity index (χ4v) is 2.40. The zero-order valence-electron chi connectivity index (χ0n) is 9.24. The molecule has 0 aliphatic rings. The summed E-state index contributed by atoms with van der Waals surface area (Å²) in [4.78, 5) is 11.7. The van der Waals surface area contributed by atoms with Crippen molar-refractivity contribution in [3.05, 3.63) is 33.3 Å². The first-order valence-electron chi connectivity index (χ1n) is 4.95. The number of hydrogen-bond donors (Lipinski definition) is 0. The van der Waals surface area contributed by atoms with E-state index in [1.165, 1.54) is 0 Å². The zero-order chi connectivity index (χ0) is 13.1. The van der Waals surface area contributed by atoms with Gasteiger partial charge in [0.05, 0.1) is 10.8 Å². The van der Waals surface area contributed by atoms with Gasteiger partial charge in [-0.25, -0.2) is 8.42 Å². The first kappa shape index (κ1) is 14.7. The molecule has 6 heteroatoms. The molecule has 1 aromatic carbocycles. The molecule has 1 aromatic rings. The highest BCUT2D eigenvalue weighted by Gasteiger charge is 2.09. The van der Waals surface area contributed by atoms with Crippen molar-refractivity contribution in [2.75, 3.05) is 12.0 Å². The van der Waals surface area contributed by atoms with E-state index >= 15 is 0 Å². The molecule has 0 saturated carbocycles. The van der Waals surface area contributed by atoms with E-state index in [0.717, 1.165) is 10.7 Å². The molecule has 0 unspecified atom stereocenters. The number of rotatable bonds is 5. The van der Waals surface area contributed by atoms with Gasteiger partial charge < -0.3 is 0 Å². The van der Waals surface area contributed by atoms with Crippen LogP contribution in [-0.2, 0) is 9.84 Å². The highest BCUT2D eigenvalue weighted by atomic mass is 79.9. The van der Waals surface area contributed by atoms with Crippen molar-refractivity contribution >= 4 is 43.2 Å². The number of Topliss-reactive ketones (excluding diaryl/α,β-unsaturated/α-hetero) is 1. The van der Waals surface area contributed by atoms with Crippen molar-refractivity contribution in [1.29, 1.82) is 0 Å². The molecule has 0 bridgehead atoms. The van der Waals surface area contributed by atoms with Crippen molar-refractivity contribution in [3.63, 3.8) is 0 Å². The van der Waals surface area contributed by atoms with Crippen LogP contribution in [0.2, 0.25) is 5.02 Å². The summed E-state index contributed by atoms with van der Waals surface area (Å²) in [7, 11) is -3.00. The minimum absolute atomic E-state index is 0.0308. The van der Waals surface area contributed by atoms with E-state index in [-0.39, 0.29) is 18.0 Å². The van der Waals surface area contributed by atoms with E-state index < -0.39 is 9.84 Å². The number of carbonyl (C=O) groups excluding carboxylic acids is 1. The Bertz CT molecular complexity index is 526. The number of hydrogen-bond acceptors (Lipinski definition) is 3. The Hall–Kier alpha value is -0.390. The fraction of sp³-hybridized carbons (Fsp3) is 0.364. The molecule has 0 aliphatic heterocycles. The van der Waals surface area contributed by atoms with Gasteiger partial charge in [0.15, 0.2) is 5.78 Å². The largest absolute Gasteiger partial charge is 0.294 e. The Morgan fingerprint density at radius 3 is 2.59 bits per heavy atom. The van der Waals surface area contributed by atoms with Crippen molar-refractivity contribution in [3.8, 4) is 0 Å². The van der Waals surface area contributed by atoms with Gasteiger partial charge in [0.2, 0.25) is 0 Å². The summed E-state index contributed by atoms with van der Waals surface area (Å²) in [6.45, 7) is 0. The standard InChI is InChI=1S/C11H12BrClO3S/c1-17(15,16)6-2-3-11(14)8-4-5-9(12)10(13)7-8/h4-5,7H,2-3,6H2,1H3. The number of carbonyl (C=O) groups is 1. The van der Waals surface area contributed by atoms with Crippen LogP contribution in [0.15, 0.2) is 22.7 Å². The first-order chi connectivity index (χ1) is 7.79. The van der Waals surface area contributed by atoms with Crippen molar-refractivity contribution in [2.24, 2.45) is 0 Å². The van der Waals surface area contributed by atoms with Crippen LogP contribution in [0.5, 0.6) is 0 Å². The van der Waals surface area contributed by atoms with Crippen LogP contribution < -0.4 is 0 Å². The quantitative estimate of drug-likeness (QED) is 0.775. The van der Waals surface area contributed by atoms with Crippen LogP contribution in [0.3, 0.4) is 0 Å². The summed E-state index contributed by atoms with van der Waals surface area (Å²) in [5, 5.41) is 0.471. The van der Waals surface area contributed by atoms with Crippen LogP contribution >= 0.6 is 27.5 Å². The molecule has 0 fully saturated rings. The minimum atomic E-state index is -3.00. The highest BCUT2D eigenvalue weighted by molar-refractivity contribution is 9.10. The first-order valence-corrected chi connectivity index (χ1v) is 8.19. The van der Waals surface area contributed by atoms with Gasteiger partial charge in [-0.05, 0) is 34.5 Å². The van der Waals surface area contributed by atoms with E-state index in [4.69, 9.17) is 11.6 Å². The molecular formula is C11H12BrClO3S. The van der Waals surface area contributed by atoms with Gasteiger partial charge in [0.1, 0.15) is 9.84 Å². The molecule has 0 amide bonds. The third-order valence-electron chi connectivity index (χ3n) is 2.16. The molecule has 1 rings (SSSR count). The van der Waals surface area contributed by atoms with Gasteiger partial charge >= 0.3 is 0 Å². The highest BCUT2D eigenvalue weighted by Crippen LogP contribution is 2.23. The van der Waals surface area contributed by atoms with Gasteiger partial charge in [0, 0.05) is 22.7 Å². The molecule has 17 heavy (non-hydrogen) atoms. The molecule has 0 atom stereocenters. The van der Waals surface area contributed by atoms with Crippen molar-refractivity contribution in [2.45, 2.75) is 12.8 Å². The Morgan fingerprint density at radius 1 is 1.41 bits per heavy atom. The molecular weight excluding hydrogens is 328 g/mol. The van der Waals surface area contributed by atoms with Crippen molar-refractivity contribution in [1.82, 2.24) is 0 Å². The second-order valence-corrected chi connectivity index (χ2v) is 7.31. The van der Waals surface area contributed by atoms with Gasteiger partial charge in [0.25, 0.3) is 0 Å². The number of sulfone groups is 1. The van der Waals surface area contributed by atoms with Gasteiger partial charge in [-0.1, -0.05) is 17.7 Å². The van der Waals surface area contributed by atoms with Gasteiger partial charge in [-0.15, -0.1) is 0 Å². The average Bonchev–Trinajstić information content (AvgIpc) is 2.20. The second-order valence-electron chi connectivity index (χ2n) is 3.79. The number of halogens is 2. The maximum atomic E-state index is 11.7. The van der Waals surface area contributed by atoms with Crippen LogP contribution in [0, 0.1) is 0 Å². The van der Waals surface area contributed by atoms with Gasteiger partial charge in [-0.3, -0.25) is 4.79 Å². The summed E-state index contributed by atoms with van der Waals surface area (Å²) in [5.41, 5.74) is 0.506. The lowest BCUT2D eigenvalue weighted by atomic mass is 10.1. The van der Waals surface area contributed by atoms with Crippen molar-refractivity contribution < 1.29 is 13.2 Å². The van der Waals surface area contributed by atoms with E-state index in [2.05, 4.69) is 15.9 Å². The Labute approximate surface area is 114 Å². The number of benzene rings is 1. The van der Waals surface area contributed by atoms with E-state index in [1.54, 1.807) is 18.2 Å². The molecule has 0 aromatic heterocycles. The summed E-state index contributed by atoms with van der Waals surface area (Å²) >= 11 is 9.10. The predicted octanol–water partition coefficient (Wildman–Crippen LogP) is 3.11. The van der Waals surface area contributed by atoms with Crippen LogP contribution in [0.25, 0.3) is 0 Å². The normalized spacial score (nSPS) is 11.5. The topological polar surface area (TPSA) is 51.2 Å². The monoisotopic (exact) mass is 338 g/mol. The minimum Gasteiger partial charge on any atom is -0.294 e. The summed E-state index contributed by atoms with van der Waals surface area (Å²) in [6, 6.07) is 4.94. The maximum Gasteiger partial charge on any atom is 0.162 e. The summed E-state index contributed by atoms with van der Waals surface area (Å²) < 4.78 is 22.5. The Morgan fingerprint density at radius 2 is 2.06 bits per heavy atom. The number of ketones is 1. The van der Waals surface area contributed by atoms with Crippen LogP contribution in [-0.4, -0.2) is 26.2 Å². The maximum absolute atomic E-state index is 11.7. The summed E-state index contributed by atoms with van der Waals surface area (Å²) in [5.74, 6) is -0.0636. The van der Waals surface area contributed by atoms with E-state index in [1.807, 2.05) is 0 Å². The van der Waals surface area contributed by atoms with Gasteiger partial charge in [-0.2, -0.15) is 0 Å². The Kier molecular flexibility index (Phi) is 5.16. The second kappa shape index (κ2) is 5.98. The SMILES string of the molecule is CS(=O)(=O)CCCC(=O)c1ccc(Br)c(Cl)c1.